The predicted molar refractivity (Wildman–Crippen MR) is 63.4 cm³/mol. The number of carbonyl (C=O) groups excluding carboxylic acids is 1. The quantitative estimate of drug-likeness (QED) is 0.798. The van der Waals surface area contributed by atoms with Crippen LogP contribution in [0.3, 0.4) is 0 Å². The molecule has 0 spiro atoms. The molecule has 0 bridgehead atoms. The monoisotopic (exact) mass is 239 g/mol. The first-order chi connectivity index (χ1) is 7.87. The van der Waals surface area contributed by atoms with Gasteiger partial charge in [-0.2, -0.15) is 0 Å². The van der Waals surface area contributed by atoms with E-state index in [1.54, 1.807) is 0 Å². The lowest BCUT2D eigenvalue weighted by Crippen LogP contribution is -2.43. The number of amides is 1. The van der Waals surface area contributed by atoms with Crippen molar-refractivity contribution in [1.29, 1.82) is 0 Å². The smallest absolute Gasteiger partial charge is 0.307 e. The van der Waals surface area contributed by atoms with Crippen molar-refractivity contribution in [3.8, 4) is 0 Å². The predicted octanol–water partition coefficient (Wildman–Crippen LogP) is 1.74. The van der Waals surface area contributed by atoms with Gasteiger partial charge < -0.3 is 10.0 Å². The number of carbonyl (C=O) groups is 2. The van der Waals surface area contributed by atoms with E-state index in [0.717, 1.165) is 19.4 Å². The van der Waals surface area contributed by atoms with Gasteiger partial charge in [0.1, 0.15) is 0 Å². The maximum atomic E-state index is 12.4. The van der Waals surface area contributed by atoms with Gasteiger partial charge in [-0.05, 0) is 31.6 Å². The van der Waals surface area contributed by atoms with Gasteiger partial charge in [0.2, 0.25) is 5.91 Å². The highest BCUT2D eigenvalue weighted by Gasteiger charge is 2.66. The molecule has 1 saturated heterocycles. The highest BCUT2D eigenvalue weighted by atomic mass is 16.4. The lowest BCUT2D eigenvalue weighted by molar-refractivity contribution is -0.143. The van der Waals surface area contributed by atoms with Crippen LogP contribution < -0.4 is 0 Å². The van der Waals surface area contributed by atoms with Crippen molar-refractivity contribution in [2.45, 2.75) is 46.1 Å². The number of aliphatic carboxylic acids is 1. The van der Waals surface area contributed by atoms with Gasteiger partial charge in [0.05, 0.1) is 11.8 Å². The summed E-state index contributed by atoms with van der Waals surface area (Å²) < 4.78 is 0. The third kappa shape index (κ3) is 1.94. The summed E-state index contributed by atoms with van der Waals surface area (Å²) in [5.74, 6) is -1.60. The molecule has 17 heavy (non-hydrogen) atoms. The molecule has 0 aromatic rings. The van der Waals surface area contributed by atoms with Crippen molar-refractivity contribution in [1.82, 2.24) is 4.90 Å². The van der Waals surface area contributed by atoms with Crippen LogP contribution in [0, 0.1) is 17.3 Å². The molecule has 0 radical (unpaired) electrons. The lowest BCUT2D eigenvalue weighted by atomic mass is 10.0. The topological polar surface area (TPSA) is 57.6 Å². The lowest BCUT2D eigenvalue weighted by Gasteiger charge is -2.34. The number of hydrogen-bond donors (Lipinski definition) is 1. The fourth-order valence-electron chi connectivity index (χ4n) is 3.16. The molecule has 0 aromatic heterocycles. The van der Waals surface area contributed by atoms with Crippen LogP contribution >= 0.6 is 0 Å². The van der Waals surface area contributed by atoms with Crippen LogP contribution in [0.2, 0.25) is 0 Å². The molecule has 1 N–H and O–H groups in total. The van der Waals surface area contributed by atoms with Crippen molar-refractivity contribution in [3.63, 3.8) is 0 Å². The summed E-state index contributed by atoms with van der Waals surface area (Å²) in [7, 11) is 0. The Morgan fingerprint density at radius 3 is 2.35 bits per heavy atom. The van der Waals surface area contributed by atoms with E-state index in [-0.39, 0.29) is 23.3 Å². The van der Waals surface area contributed by atoms with Gasteiger partial charge in [-0.25, -0.2) is 0 Å². The van der Waals surface area contributed by atoms with Crippen LogP contribution in [0.25, 0.3) is 0 Å². The Morgan fingerprint density at radius 2 is 1.88 bits per heavy atom. The van der Waals surface area contributed by atoms with Crippen molar-refractivity contribution in [2.24, 2.45) is 17.3 Å². The van der Waals surface area contributed by atoms with Crippen LogP contribution in [-0.2, 0) is 9.59 Å². The second-order valence-electron chi connectivity index (χ2n) is 5.99. The summed E-state index contributed by atoms with van der Waals surface area (Å²) in [5.41, 5.74) is -0.375. The number of nitrogens with zero attached hydrogens (tertiary/aromatic N) is 1. The zero-order valence-corrected chi connectivity index (χ0v) is 10.8. The molecule has 2 aliphatic rings. The summed E-state index contributed by atoms with van der Waals surface area (Å²) >= 11 is 0. The Balaban J connectivity index is 2.08. The summed E-state index contributed by atoms with van der Waals surface area (Å²) in [6.45, 7) is 6.60. The fraction of sp³-hybridized carbons (Fsp3) is 0.846. The van der Waals surface area contributed by atoms with Gasteiger partial charge in [-0.15, -0.1) is 0 Å². The normalized spacial score (nSPS) is 35.5. The molecule has 4 heteroatoms. The SMILES string of the molecule is C[C@H]1CCCCN1C(=O)[C@@H]1[C@H](C(=O)O)C1(C)C. The van der Waals surface area contributed by atoms with Crippen LogP contribution in [-0.4, -0.2) is 34.5 Å². The zero-order valence-electron chi connectivity index (χ0n) is 10.8. The summed E-state index contributed by atoms with van der Waals surface area (Å²) in [6.07, 6.45) is 3.25. The van der Waals surface area contributed by atoms with E-state index in [2.05, 4.69) is 6.92 Å². The first-order valence-electron chi connectivity index (χ1n) is 6.40. The number of hydrogen-bond acceptors (Lipinski definition) is 2. The van der Waals surface area contributed by atoms with E-state index in [1.165, 1.54) is 6.42 Å². The molecule has 4 nitrogen and oxygen atoms in total. The van der Waals surface area contributed by atoms with E-state index >= 15 is 0 Å². The van der Waals surface area contributed by atoms with Crippen molar-refractivity contribution < 1.29 is 14.7 Å². The van der Waals surface area contributed by atoms with E-state index in [1.807, 2.05) is 18.7 Å². The molecular weight excluding hydrogens is 218 g/mol. The van der Waals surface area contributed by atoms with Crippen molar-refractivity contribution >= 4 is 11.9 Å². The molecule has 96 valence electrons. The molecule has 1 aliphatic heterocycles. The van der Waals surface area contributed by atoms with E-state index < -0.39 is 11.9 Å². The molecule has 1 amide bonds. The van der Waals surface area contributed by atoms with E-state index in [0.29, 0.717) is 0 Å². The first-order valence-corrected chi connectivity index (χ1v) is 6.40. The Hall–Kier alpha value is -1.06. The Morgan fingerprint density at radius 1 is 1.24 bits per heavy atom. The first kappa shape index (κ1) is 12.4. The second kappa shape index (κ2) is 4.00. The summed E-state index contributed by atoms with van der Waals surface area (Å²) in [4.78, 5) is 25.3. The minimum atomic E-state index is -0.835. The number of carboxylic acid groups (broad SMARTS) is 1. The molecule has 0 aromatic carbocycles. The molecule has 1 heterocycles. The maximum absolute atomic E-state index is 12.4. The van der Waals surface area contributed by atoms with Gasteiger partial charge in [-0.3, -0.25) is 9.59 Å². The van der Waals surface area contributed by atoms with Crippen LogP contribution in [0.5, 0.6) is 0 Å². The van der Waals surface area contributed by atoms with Gasteiger partial charge >= 0.3 is 5.97 Å². The van der Waals surface area contributed by atoms with Crippen LogP contribution in [0.1, 0.15) is 40.0 Å². The zero-order chi connectivity index (χ0) is 12.8. The van der Waals surface area contributed by atoms with Gasteiger partial charge in [0, 0.05) is 12.6 Å². The summed E-state index contributed by atoms with van der Waals surface area (Å²) in [5, 5.41) is 9.10. The second-order valence-corrected chi connectivity index (χ2v) is 5.99. The van der Waals surface area contributed by atoms with E-state index in [4.69, 9.17) is 5.11 Å². The van der Waals surface area contributed by atoms with Gasteiger partial charge in [0.15, 0.2) is 0 Å². The Bertz CT molecular complexity index is 351. The summed E-state index contributed by atoms with van der Waals surface area (Å²) in [6, 6.07) is 0.266. The fourth-order valence-corrected chi connectivity index (χ4v) is 3.16. The highest BCUT2D eigenvalue weighted by molar-refractivity contribution is 5.91. The number of likely N-dealkylation sites (tertiary alicyclic amines) is 1. The van der Waals surface area contributed by atoms with Crippen LogP contribution in [0.15, 0.2) is 0 Å². The van der Waals surface area contributed by atoms with Gasteiger partial charge in [0.25, 0.3) is 0 Å². The maximum Gasteiger partial charge on any atom is 0.307 e. The highest BCUT2D eigenvalue weighted by Crippen LogP contribution is 2.59. The molecule has 0 unspecified atom stereocenters. The molecule has 2 fully saturated rings. The Labute approximate surface area is 102 Å². The molecule has 1 aliphatic carbocycles. The molecular formula is C13H21NO3. The average molecular weight is 239 g/mol. The number of rotatable bonds is 2. The minimum Gasteiger partial charge on any atom is -0.481 e. The van der Waals surface area contributed by atoms with Gasteiger partial charge in [-0.1, -0.05) is 13.8 Å². The third-order valence-corrected chi connectivity index (χ3v) is 4.45. The minimum absolute atomic E-state index is 0.0506. The average Bonchev–Trinajstić information content (AvgIpc) is 2.81. The molecule has 2 rings (SSSR count). The van der Waals surface area contributed by atoms with Crippen molar-refractivity contribution in [2.75, 3.05) is 6.54 Å². The molecule has 1 saturated carbocycles. The van der Waals surface area contributed by atoms with Crippen LogP contribution in [0.4, 0.5) is 0 Å². The van der Waals surface area contributed by atoms with E-state index in [9.17, 15) is 9.59 Å². The van der Waals surface area contributed by atoms with Crippen molar-refractivity contribution in [3.05, 3.63) is 0 Å². The largest absolute Gasteiger partial charge is 0.481 e. The standard InChI is InChI=1S/C13H21NO3/c1-8-6-4-5-7-14(8)11(15)9-10(12(16)17)13(9,2)3/h8-10H,4-7H2,1-3H3,(H,16,17)/t8-,9-,10+/m0/s1. The molecule has 3 atom stereocenters. The Kier molecular flexibility index (Phi) is 2.92. The number of carboxylic acids is 1. The number of piperidine rings is 1. The third-order valence-electron chi connectivity index (χ3n) is 4.45.